The standard InChI is InChI=1S/C13H19N/c1-7-14(6)13-8-9(2)10(3)11(4)12(13)5/h7-8H,1H2,2-6H3. The molecule has 0 aliphatic rings. The number of rotatable bonds is 2. The van der Waals surface area contributed by atoms with Gasteiger partial charge >= 0.3 is 0 Å². The summed E-state index contributed by atoms with van der Waals surface area (Å²) in [7, 11) is 2.03. The fraction of sp³-hybridized carbons (Fsp3) is 0.385. The fourth-order valence-corrected chi connectivity index (χ4v) is 1.66. The van der Waals surface area contributed by atoms with Crippen LogP contribution in [0.4, 0.5) is 5.69 Å². The lowest BCUT2D eigenvalue weighted by Gasteiger charge is -2.20. The lowest BCUT2D eigenvalue weighted by Crippen LogP contribution is -2.10. The Balaban J connectivity index is 3.40. The first kappa shape index (κ1) is 10.8. The van der Waals surface area contributed by atoms with Crippen molar-refractivity contribution in [2.45, 2.75) is 27.7 Å². The summed E-state index contributed by atoms with van der Waals surface area (Å²) in [6.07, 6.45) is 1.84. The molecule has 1 nitrogen and oxygen atoms in total. The summed E-state index contributed by atoms with van der Waals surface area (Å²) in [5.74, 6) is 0. The summed E-state index contributed by atoms with van der Waals surface area (Å²) < 4.78 is 0. The van der Waals surface area contributed by atoms with Gasteiger partial charge in [0.25, 0.3) is 0 Å². The van der Waals surface area contributed by atoms with Crippen LogP contribution in [-0.4, -0.2) is 7.05 Å². The molecule has 0 N–H and O–H groups in total. The summed E-state index contributed by atoms with van der Waals surface area (Å²) in [5, 5.41) is 0. The van der Waals surface area contributed by atoms with E-state index in [1.807, 2.05) is 13.2 Å². The molecule has 0 unspecified atom stereocenters. The Morgan fingerprint density at radius 3 is 2.14 bits per heavy atom. The van der Waals surface area contributed by atoms with Crippen LogP contribution >= 0.6 is 0 Å². The zero-order valence-corrected chi connectivity index (χ0v) is 9.81. The van der Waals surface area contributed by atoms with E-state index in [9.17, 15) is 0 Å². The van der Waals surface area contributed by atoms with E-state index in [0.717, 1.165) is 0 Å². The van der Waals surface area contributed by atoms with Crippen molar-refractivity contribution in [3.8, 4) is 0 Å². The summed E-state index contributed by atoms with van der Waals surface area (Å²) in [5.41, 5.74) is 6.71. The number of aryl methyl sites for hydroxylation is 1. The molecule has 1 heteroatoms. The highest BCUT2D eigenvalue weighted by Gasteiger charge is 2.08. The van der Waals surface area contributed by atoms with Crippen molar-refractivity contribution in [2.24, 2.45) is 0 Å². The van der Waals surface area contributed by atoms with Crippen molar-refractivity contribution < 1.29 is 0 Å². The molecule has 0 bridgehead atoms. The van der Waals surface area contributed by atoms with Gasteiger partial charge in [0.15, 0.2) is 0 Å². The maximum Gasteiger partial charge on any atom is 0.0438 e. The Kier molecular flexibility index (Phi) is 3.00. The second-order valence-electron chi connectivity index (χ2n) is 3.88. The van der Waals surface area contributed by atoms with Gasteiger partial charge in [-0.25, -0.2) is 0 Å². The Labute approximate surface area is 87.1 Å². The predicted molar refractivity (Wildman–Crippen MR) is 64.0 cm³/mol. The molecule has 0 radical (unpaired) electrons. The van der Waals surface area contributed by atoms with Gasteiger partial charge in [-0.3, -0.25) is 0 Å². The molecule has 1 aromatic rings. The number of benzene rings is 1. The molecule has 76 valence electrons. The Morgan fingerprint density at radius 1 is 1.07 bits per heavy atom. The van der Waals surface area contributed by atoms with Gasteiger partial charge in [0.1, 0.15) is 0 Å². The van der Waals surface area contributed by atoms with Crippen molar-refractivity contribution in [3.63, 3.8) is 0 Å². The van der Waals surface area contributed by atoms with Crippen LogP contribution in [0, 0.1) is 27.7 Å². The molecule has 0 amide bonds. The van der Waals surface area contributed by atoms with Crippen LogP contribution < -0.4 is 4.90 Å². The Bertz CT molecular complexity index is 364. The SMILES string of the molecule is C=CN(C)c1cc(C)c(C)c(C)c1C. The molecule has 0 aliphatic carbocycles. The second kappa shape index (κ2) is 3.87. The molecule has 0 aliphatic heterocycles. The zero-order chi connectivity index (χ0) is 10.9. The van der Waals surface area contributed by atoms with Gasteiger partial charge < -0.3 is 4.90 Å². The summed E-state index contributed by atoms with van der Waals surface area (Å²) >= 11 is 0. The minimum absolute atomic E-state index is 1.25. The molecule has 0 atom stereocenters. The zero-order valence-electron chi connectivity index (χ0n) is 9.81. The molecule has 1 aromatic carbocycles. The van der Waals surface area contributed by atoms with E-state index in [2.05, 4.69) is 45.2 Å². The first-order valence-corrected chi connectivity index (χ1v) is 4.91. The van der Waals surface area contributed by atoms with Crippen LogP contribution in [0.5, 0.6) is 0 Å². The number of nitrogens with zero attached hydrogens (tertiary/aromatic N) is 1. The molecule has 0 spiro atoms. The quantitative estimate of drug-likeness (QED) is 0.688. The van der Waals surface area contributed by atoms with E-state index < -0.39 is 0 Å². The monoisotopic (exact) mass is 189 g/mol. The van der Waals surface area contributed by atoms with Gasteiger partial charge in [-0.15, -0.1) is 0 Å². The summed E-state index contributed by atoms with van der Waals surface area (Å²) in [6, 6.07) is 2.22. The normalized spacial score (nSPS) is 10.1. The fourth-order valence-electron chi connectivity index (χ4n) is 1.66. The van der Waals surface area contributed by atoms with Crippen molar-refractivity contribution >= 4 is 5.69 Å². The topological polar surface area (TPSA) is 3.24 Å². The van der Waals surface area contributed by atoms with Crippen molar-refractivity contribution in [1.82, 2.24) is 0 Å². The van der Waals surface area contributed by atoms with Gasteiger partial charge in [-0.05, 0) is 62.2 Å². The van der Waals surface area contributed by atoms with Gasteiger partial charge in [-0.2, -0.15) is 0 Å². The van der Waals surface area contributed by atoms with E-state index in [0.29, 0.717) is 0 Å². The second-order valence-corrected chi connectivity index (χ2v) is 3.88. The van der Waals surface area contributed by atoms with E-state index in [-0.39, 0.29) is 0 Å². The van der Waals surface area contributed by atoms with Crippen molar-refractivity contribution in [1.29, 1.82) is 0 Å². The Hall–Kier alpha value is -1.24. The van der Waals surface area contributed by atoms with Crippen LogP contribution in [-0.2, 0) is 0 Å². The van der Waals surface area contributed by atoms with Gasteiger partial charge in [0.05, 0.1) is 0 Å². The van der Waals surface area contributed by atoms with Crippen molar-refractivity contribution in [3.05, 3.63) is 41.1 Å². The highest BCUT2D eigenvalue weighted by molar-refractivity contribution is 5.61. The van der Waals surface area contributed by atoms with Gasteiger partial charge in [0.2, 0.25) is 0 Å². The lowest BCUT2D eigenvalue weighted by molar-refractivity contribution is 1.13. The average molecular weight is 189 g/mol. The minimum atomic E-state index is 1.25. The smallest absolute Gasteiger partial charge is 0.0438 e. The highest BCUT2D eigenvalue weighted by atomic mass is 15.1. The van der Waals surface area contributed by atoms with Crippen LogP contribution in [0.15, 0.2) is 18.8 Å². The third-order valence-electron chi connectivity index (χ3n) is 3.11. The molecular formula is C13H19N. The third kappa shape index (κ3) is 1.67. The van der Waals surface area contributed by atoms with Crippen LogP contribution in [0.1, 0.15) is 22.3 Å². The number of hydrogen-bond acceptors (Lipinski definition) is 1. The van der Waals surface area contributed by atoms with E-state index in [4.69, 9.17) is 0 Å². The molecule has 14 heavy (non-hydrogen) atoms. The molecule has 0 heterocycles. The summed E-state index contributed by atoms with van der Waals surface area (Å²) in [6.45, 7) is 12.5. The van der Waals surface area contributed by atoms with Crippen LogP contribution in [0.25, 0.3) is 0 Å². The van der Waals surface area contributed by atoms with Crippen LogP contribution in [0.3, 0.4) is 0 Å². The molecule has 0 saturated heterocycles. The van der Waals surface area contributed by atoms with Crippen LogP contribution in [0.2, 0.25) is 0 Å². The van der Waals surface area contributed by atoms with E-state index in [1.165, 1.54) is 27.9 Å². The highest BCUT2D eigenvalue weighted by Crippen LogP contribution is 2.27. The van der Waals surface area contributed by atoms with Gasteiger partial charge in [-0.1, -0.05) is 6.58 Å². The predicted octanol–water partition coefficient (Wildman–Crippen LogP) is 3.50. The van der Waals surface area contributed by atoms with Gasteiger partial charge in [0, 0.05) is 12.7 Å². The minimum Gasteiger partial charge on any atom is -0.351 e. The Morgan fingerprint density at radius 2 is 1.64 bits per heavy atom. The maximum atomic E-state index is 3.79. The van der Waals surface area contributed by atoms with E-state index in [1.54, 1.807) is 0 Å². The third-order valence-corrected chi connectivity index (χ3v) is 3.11. The molecule has 1 rings (SSSR count). The largest absolute Gasteiger partial charge is 0.351 e. The molecule has 0 saturated carbocycles. The number of anilines is 1. The first-order valence-electron chi connectivity index (χ1n) is 4.91. The maximum absolute atomic E-state index is 3.79. The molecule has 0 fully saturated rings. The van der Waals surface area contributed by atoms with Crippen molar-refractivity contribution in [2.75, 3.05) is 11.9 Å². The molecular weight excluding hydrogens is 170 g/mol. The average Bonchev–Trinajstić information content (AvgIpc) is 2.19. The number of hydrogen-bond donors (Lipinski definition) is 0. The van der Waals surface area contributed by atoms with E-state index >= 15 is 0 Å². The molecule has 0 aromatic heterocycles. The summed E-state index contributed by atoms with van der Waals surface area (Å²) in [4.78, 5) is 2.06. The lowest BCUT2D eigenvalue weighted by atomic mass is 9.97. The first-order chi connectivity index (χ1) is 6.49.